The third-order valence-electron chi connectivity index (χ3n) is 3.23. The van der Waals surface area contributed by atoms with E-state index in [0.29, 0.717) is 17.9 Å². The van der Waals surface area contributed by atoms with Crippen LogP contribution in [0.5, 0.6) is 5.75 Å². The van der Waals surface area contributed by atoms with Crippen LogP contribution in [0, 0.1) is 6.92 Å². The van der Waals surface area contributed by atoms with Crippen LogP contribution in [0.2, 0.25) is 0 Å². The van der Waals surface area contributed by atoms with Gasteiger partial charge in [-0.1, -0.05) is 41.6 Å². The summed E-state index contributed by atoms with van der Waals surface area (Å²) < 4.78 is 5.79. The van der Waals surface area contributed by atoms with E-state index in [2.05, 4.69) is 17.3 Å². The minimum Gasteiger partial charge on any atom is -0.493 e. The summed E-state index contributed by atoms with van der Waals surface area (Å²) in [6, 6.07) is 15.9. The van der Waals surface area contributed by atoms with Crippen LogP contribution < -0.4 is 10.5 Å². The second kappa shape index (κ2) is 7.33. The molecule has 0 bridgehead atoms. The van der Waals surface area contributed by atoms with Crippen molar-refractivity contribution in [1.82, 2.24) is 0 Å². The van der Waals surface area contributed by atoms with Crippen LogP contribution in [0.15, 0.2) is 53.7 Å². The molecule has 110 valence electrons. The number of nitrogens with zero attached hydrogens (tertiary/aromatic N) is 1. The van der Waals surface area contributed by atoms with Crippen molar-refractivity contribution in [2.45, 2.75) is 19.8 Å². The summed E-state index contributed by atoms with van der Waals surface area (Å²) in [6.07, 6.45) is 1.87. The molecule has 0 atom stereocenters. The molecule has 0 aliphatic heterocycles. The van der Waals surface area contributed by atoms with Crippen LogP contribution in [0.25, 0.3) is 0 Å². The topological polar surface area (TPSA) is 67.8 Å². The van der Waals surface area contributed by atoms with Gasteiger partial charge in [0.15, 0.2) is 5.84 Å². The molecular formula is C17H20N2O2. The average molecular weight is 284 g/mol. The Balaban J connectivity index is 1.95. The van der Waals surface area contributed by atoms with E-state index in [-0.39, 0.29) is 5.84 Å². The van der Waals surface area contributed by atoms with E-state index in [0.717, 1.165) is 18.4 Å². The monoisotopic (exact) mass is 284 g/mol. The van der Waals surface area contributed by atoms with Crippen molar-refractivity contribution in [2.24, 2.45) is 10.9 Å². The summed E-state index contributed by atoms with van der Waals surface area (Å²) in [5.41, 5.74) is 8.64. The van der Waals surface area contributed by atoms with Gasteiger partial charge in [-0.15, -0.1) is 0 Å². The van der Waals surface area contributed by atoms with E-state index >= 15 is 0 Å². The van der Waals surface area contributed by atoms with Gasteiger partial charge in [-0.2, -0.15) is 0 Å². The molecule has 0 aliphatic rings. The Morgan fingerprint density at radius 2 is 1.95 bits per heavy atom. The second-order valence-electron chi connectivity index (χ2n) is 4.92. The lowest BCUT2D eigenvalue weighted by atomic mass is 10.1. The maximum atomic E-state index is 8.81. The zero-order valence-corrected chi connectivity index (χ0v) is 12.1. The normalized spacial score (nSPS) is 11.4. The fourth-order valence-electron chi connectivity index (χ4n) is 2.12. The number of nitrogens with two attached hydrogens (primary N) is 1. The lowest BCUT2D eigenvalue weighted by Crippen LogP contribution is -2.15. The summed E-state index contributed by atoms with van der Waals surface area (Å²) in [5.74, 6) is 0.714. The van der Waals surface area contributed by atoms with E-state index in [1.165, 1.54) is 5.56 Å². The first kappa shape index (κ1) is 14.9. The molecule has 4 nitrogen and oxygen atoms in total. The van der Waals surface area contributed by atoms with Gasteiger partial charge in [0.1, 0.15) is 5.75 Å². The Morgan fingerprint density at radius 3 is 2.67 bits per heavy atom. The molecule has 0 spiro atoms. The zero-order valence-electron chi connectivity index (χ0n) is 12.1. The Kier molecular flexibility index (Phi) is 5.21. The van der Waals surface area contributed by atoms with Gasteiger partial charge in [-0.05, 0) is 43.0 Å². The van der Waals surface area contributed by atoms with E-state index in [1.54, 1.807) is 6.07 Å². The molecule has 2 rings (SSSR count). The molecule has 0 aliphatic carbocycles. The third kappa shape index (κ3) is 4.24. The van der Waals surface area contributed by atoms with E-state index in [4.69, 9.17) is 15.7 Å². The second-order valence-corrected chi connectivity index (χ2v) is 4.92. The summed E-state index contributed by atoms with van der Waals surface area (Å²) in [5, 5.41) is 11.8. The SMILES string of the molecule is Cc1ccc(C(N)=NO)c(OCCCc2ccccc2)c1. The van der Waals surface area contributed by atoms with Crippen molar-refractivity contribution < 1.29 is 9.94 Å². The summed E-state index contributed by atoms with van der Waals surface area (Å²) in [4.78, 5) is 0. The van der Waals surface area contributed by atoms with Crippen molar-refractivity contribution >= 4 is 5.84 Å². The van der Waals surface area contributed by atoms with Crippen molar-refractivity contribution in [3.05, 3.63) is 65.2 Å². The molecule has 0 radical (unpaired) electrons. The van der Waals surface area contributed by atoms with E-state index in [1.807, 2.05) is 37.3 Å². The minimum atomic E-state index is 0.0630. The molecule has 0 unspecified atom stereocenters. The molecule has 0 aromatic heterocycles. The van der Waals surface area contributed by atoms with Crippen LogP contribution in [-0.2, 0) is 6.42 Å². The van der Waals surface area contributed by atoms with Crippen LogP contribution in [-0.4, -0.2) is 17.6 Å². The van der Waals surface area contributed by atoms with Crippen LogP contribution in [0.1, 0.15) is 23.1 Å². The number of rotatable bonds is 6. The Labute approximate surface area is 124 Å². The predicted molar refractivity (Wildman–Crippen MR) is 83.9 cm³/mol. The summed E-state index contributed by atoms with van der Waals surface area (Å²) in [7, 11) is 0. The van der Waals surface area contributed by atoms with Gasteiger partial charge in [0.25, 0.3) is 0 Å². The first-order valence-corrected chi connectivity index (χ1v) is 6.96. The van der Waals surface area contributed by atoms with Crippen molar-refractivity contribution in [2.75, 3.05) is 6.61 Å². The van der Waals surface area contributed by atoms with Gasteiger partial charge in [0.2, 0.25) is 0 Å². The Morgan fingerprint density at radius 1 is 1.19 bits per heavy atom. The van der Waals surface area contributed by atoms with Crippen molar-refractivity contribution in [1.29, 1.82) is 0 Å². The van der Waals surface area contributed by atoms with Crippen molar-refractivity contribution in [3.63, 3.8) is 0 Å². The molecular weight excluding hydrogens is 264 g/mol. The standard InChI is InChI=1S/C17H20N2O2/c1-13-9-10-15(17(18)19-20)16(12-13)21-11-5-8-14-6-3-2-4-7-14/h2-4,6-7,9-10,12,20H,5,8,11H2,1H3,(H2,18,19). The quantitative estimate of drug-likeness (QED) is 0.281. The largest absolute Gasteiger partial charge is 0.493 e. The highest BCUT2D eigenvalue weighted by molar-refractivity contribution is 5.99. The highest BCUT2D eigenvalue weighted by Crippen LogP contribution is 2.20. The van der Waals surface area contributed by atoms with Gasteiger partial charge in [-0.3, -0.25) is 0 Å². The molecule has 0 fully saturated rings. The molecule has 3 N–H and O–H groups in total. The molecule has 0 amide bonds. The fraction of sp³-hybridized carbons (Fsp3) is 0.235. The molecule has 2 aromatic carbocycles. The smallest absolute Gasteiger partial charge is 0.173 e. The van der Waals surface area contributed by atoms with E-state index < -0.39 is 0 Å². The van der Waals surface area contributed by atoms with E-state index in [9.17, 15) is 0 Å². The maximum Gasteiger partial charge on any atom is 0.173 e. The first-order valence-electron chi connectivity index (χ1n) is 6.96. The lowest BCUT2D eigenvalue weighted by Gasteiger charge is -2.11. The van der Waals surface area contributed by atoms with Crippen molar-refractivity contribution in [3.8, 4) is 5.75 Å². The number of ether oxygens (including phenoxy) is 1. The number of aryl methyl sites for hydroxylation is 2. The number of hydrogen-bond donors (Lipinski definition) is 2. The third-order valence-corrected chi connectivity index (χ3v) is 3.23. The van der Waals surface area contributed by atoms with Gasteiger partial charge in [0.05, 0.1) is 12.2 Å². The van der Waals surface area contributed by atoms with Gasteiger partial charge in [0, 0.05) is 0 Å². The zero-order chi connectivity index (χ0) is 15.1. The molecule has 0 saturated heterocycles. The predicted octanol–water partition coefficient (Wildman–Crippen LogP) is 3.10. The number of amidine groups is 1. The fourth-order valence-corrected chi connectivity index (χ4v) is 2.12. The molecule has 4 heteroatoms. The highest BCUT2D eigenvalue weighted by Gasteiger charge is 2.08. The van der Waals surface area contributed by atoms with Gasteiger partial charge >= 0.3 is 0 Å². The summed E-state index contributed by atoms with van der Waals surface area (Å²) in [6.45, 7) is 2.57. The maximum absolute atomic E-state index is 8.81. The minimum absolute atomic E-state index is 0.0630. The first-order chi connectivity index (χ1) is 10.2. The lowest BCUT2D eigenvalue weighted by molar-refractivity contribution is 0.307. The highest BCUT2D eigenvalue weighted by atomic mass is 16.5. The average Bonchev–Trinajstić information content (AvgIpc) is 2.52. The molecule has 2 aromatic rings. The van der Waals surface area contributed by atoms with Crippen LogP contribution >= 0.6 is 0 Å². The van der Waals surface area contributed by atoms with Crippen LogP contribution in [0.3, 0.4) is 0 Å². The Bertz CT molecular complexity index is 609. The Hall–Kier alpha value is -2.49. The number of oxime groups is 1. The number of hydrogen-bond acceptors (Lipinski definition) is 3. The molecule has 0 heterocycles. The number of benzene rings is 2. The van der Waals surface area contributed by atoms with Crippen LogP contribution in [0.4, 0.5) is 0 Å². The molecule has 21 heavy (non-hydrogen) atoms. The summed E-state index contributed by atoms with van der Waals surface area (Å²) >= 11 is 0. The molecule has 0 saturated carbocycles. The van der Waals surface area contributed by atoms with Gasteiger partial charge in [-0.25, -0.2) is 0 Å². The van der Waals surface area contributed by atoms with Gasteiger partial charge < -0.3 is 15.7 Å².